The number of ether oxygens (including phenoxy) is 6. The molecule has 23 nitrogen and oxygen atoms in total. The topological polar surface area (TPSA) is 373 Å². The van der Waals surface area contributed by atoms with Gasteiger partial charge in [0, 0.05) is 19.8 Å². The molecule has 3 aliphatic heterocycles. The van der Waals surface area contributed by atoms with Gasteiger partial charge in [-0.3, -0.25) is 9.59 Å². The lowest BCUT2D eigenvalue weighted by atomic mass is 9.88. The maximum atomic E-state index is 13.5. The van der Waals surface area contributed by atoms with Gasteiger partial charge in [0.25, 0.3) is 5.79 Å². The Hall–Kier alpha value is -2.27. The van der Waals surface area contributed by atoms with Crippen LogP contribution >= 0.6 is 0 Å². The van der Waals surface area contributed by atoms with Gasteiger partial charge in [0.2, 0.25) is 11.8 Å². The fourth-order valence-corrected chi connectivity index (χ4v) is 12.7. The van der Waals surface area contributed by atoms with Crippen molar-refractivity contribution in [2.24, 2.45) is 0 Å². The molecule has 3 fully saturated rings. The zero-order valence-electron chi connectivity index (χ0n) is 55.3. The molecule has 0 radical (unpaired) electrons. The van der Waals surface area contributed by atoms with E-state index in [-0.39, 0.29) is 18.9 Å². The summed E-state index contributed by atoms with van der Waals surface area (Å²) in [5, 5.41) is 136. The molecule has 0 aliphatic carbocycles. The van der Waals surface area contributed by atoms with Crippen LogP contribution in [0.2, 0.25) is 0 Å². The van der Waals surface area contributed by atoms with Gasteiger partial charge in [-0.1, -0.05) is 239 Å². The van der Waals surface area contributed by atoms with Crippen molar-refractivity contribution in [1.29, 1.82) is 0 Å². The van der Waals surface area contributed by atoms with Crippen LogP contribution in [0.25, 0.3) is 0 Å². The van der Waals surface area contributed by atoms with Crippen molar-refractivity contribution >= 4 is 17.8 Å². The Kier molecular flexibility index (Phi) is 44.1. The molecular formula is C67H126N2O21. The van der Waals surface area contributed by atoms with Crippen molar-refractivity contribution in [1.82, 2.24) is 10.6 Å². The third kappa shape index (κ3) is 30.6. The number of rotatable bonds is 54. The van der Waals surface area contributed by atoms with Crippen LogP contribution in [-0.4, -0.2) is 215 Å². The molecule has 14 N–H and O–H groups in total. The normalized spacial score (nSPS) is 28.5. The van der Waals surface area contributed by atoms with Crippen molar-refractivity contribution in [2.75, 3.05) is 26.4 Å². The van der Waals surface area contributed by atoms with E-state index in [1.807, 2.05) is 0 Å². The van der Waals surface area contributed by atoms with E-state index in [0.29, 0.717) is 19.3 Å². The Morgan fingerprint density at radius 3 is 1.39 bits per heavy atom. The number of amides is 2. The highest BCUT2D eigenvalue weighted by Crippen LogP contribution is 2.39. The van der Waals surface area contributed by atoms with E-state index in [9.17, 15) is 75.7 Å². The standard InChI is InChI=1S/C67H126N2O21/c1-4-6-8-10-12-14-16-18-20-22-24-26-28-30-32-34-36-38-40-49(74)48(69-54(77)41-39-37-35-33-31-29-27-25-23-21-19-17-15-13-11-9-7-5-2)46-85-64-59(81)58(80)61(53(45-72)87-64)88-65-60(82)63(57(79)52(44-71)86-65)90-67(66(83)84)42-50(75)55(68-47(3)73)62(89-67)56(78)51(76)43-70/h48-53,55-65,70-72,74-76,78-82H,4-46H2,1-3H3,(H,68,73)(H,69,77)(H,83,84). The number of carboxylic acid groups (broad SMARTS) is 1. The molecule has 0 spiro atoms. The number of aliphatic carboxylic acids is 1. The molecule has 18 atom stereocenters. The number of aliphatic hydroxyl groups excluding tert-OH is 11. The molecule has 3 saturated heterocycles. The lowest BCUT2D eigenvalue weighted by Crippen LogP contribution is -2.70. The number of carbonyl (C=O) groups excluding carboxylic acids is 2. The van der Waals surface area contributed by atoms with Gasteiger partial charge in [-0.2, -0.15) is 0 Å². The molecule has 0 saturated carbocycles. The smallest absolute Gasteiger partial charge is 0.364 e. The minimum absolute atomic E-state index is 0.229. The van der Waals surface area contributed by atoms with Crippen LogP contribution in [0.4, 0.5) is 0 Å². The zero-order valence-corrected chi connectivity index (χ0v) is 55.3. The largest absolute Gasteiger partial charge is 0.477 e. The van der Waals surface area contributed by atoms with E-state index in [4.69, 9.17) is 28.4 Å². The second-order valence-electron chi connectivity index (χ2n) is 26.1. The van der Waals surface area contributed by atoms with Crippen molar-refractivity contribution < 1.29 is 104 Å². The van der Waals surface area contributed by atoms with Gasteiger partial charge in [0.15, 0.2) is 12.6 Å². The number of hydrogen-bond acceptors (Lipinski definition) is 20. The number of unbranched alkanes of at least 4 members (excludes halogenated alkanes) is 34. The number of nitrogens with one attached hydrogen (secondary N) is 2. The summed E-state index contributed by atoms with van der Waals surface area (Å²) in [5.74, 6) is -6.09. The fraction of sp³-hybridized carbons (Fsp3) is 0.955. The predicted molar refractivity (Wildman–Crippen MR) is 339 cm³/mol. The molecule has 3 heterocycles. The van der Waals surface area contributed by atoms with E-state index in [1.54, 1.807) is 0 Å². The van der Waals surface area contributed by atoms with Crippen LogP contribution in [0.15, 0.2) is 0 Å². The van der Waals surface area contributed by atoms with Crippen molar-refractivity contribution in [3.63, 3.8) is 0 Å². The molecule has 23 heteroatoms. The average molecular weight is 1300 g/mol. The van der Waals surface area contributed by atoms with E-state index in [0.717, 1.165) is 51.9 Å². The van der Waals surface area contributed by atoms with Crippen LogP contribution in [0.5, 0.6) is 0 Å². The summed E-state index contributed by atoms with van der Waals surface area (Å²) in [6, 6.07) is -2.52. The number of aliphatic hydroxyl groups is 11. The molecule has 530 valence electrons. The molecule has 3 rings (SSSR count). The minimum Gasteiger partial charge on any atom is -0.477 e. The first kappa shape index (κ1) is 82.0. The van der Waals surface area contributed by atoms with Crippen LogP contribution in [0.1, 0.15) is 271 Å². The summed E-state index contributed by atoms with van der Waals surface area (Å²) in [7, 11) is 0. The Bertz CT molecular complexity index is 1830. The summed E-state index contributed by atoms with van der Waals surface area (Å²) in [6.07, 6.45) is 15.2. The number of hydrogen-bond donors (Lipinski definition) is 14. The summed E-state index contributed by atoms with van der Waals surface area (Å²) in [5.41, 5.74) is 0. The predicted octanol–water partition coefficient (Wildman–Crippen LogP) is 6.51. The number of carbonyl (C=O) groups is 3. The van der Waals surface area contributed by atoms with Crippen molar-refractivity contribution in [3.8, 4) is 0 Å². The molecular weight excluding hydrogens is 1170 g/mol. The van der Waals surface area contributed by atoms with Gasteiger partial charge in [-0.15, -0.1) is 0 Å². The first-order valence-electron chi connectivity index (χ1n) is 35.4. The highest BCUT2D eigenvalue weighted by molar-refractivity contribution is 5.77. The van der Waals surface area contributed by atoms with Gasteiger partial charge < -0.3 is 100 Å². The van der Waals surface area contributed by atoms with Gasteiger partial charge in [-0.05, 0) is 12.8 Å². The third-order valence-electron chi connectivity index (χ3n) is 18.3. The monoisotopic (exact) mass is 1290 g/mol. The van der Waals surface area contributed by atoms with Crippen LogP contribution in [-0.2, 0) is 42.8 Å². The molecule has 18 unspecified atom stereocenters. The second kappa shape index (κ2) is 48.4. The van der Waals surface area contributed by atoms with E-state index < -0.39 is 148 Å². The maximum Gasteiger partial charge on any atom is 0.364 e. The lowest BCUT2D eigenvalue weighted by Gasteiger charge is -2.50. The highest BCUT2D eigenvalue weighted by atomic mass is 16.8. The van der Waals surface area contributed by atoms with E-state index in [2.05, 4.69) is 24.5 Å². The Balaban J connectivity index is 1.59. The molecule has 0 aromatic carbocycles. The van der Waals surface area contributed by atoms with Gasteiger partial charge in [-0.25, -0.2) is 4.79 Å². The summed E-state index contributed by atoms with van der Waals surface area (Å²) < 4.78 is 34.9. The first-order chi connectivity index (χ1) is 43.4. The highest BCUT2D eigenvalue weighted by Gasteiger charge is 2.60. The van der Waals surface area contributed by atoms with Gasteiger partial charge >= 0.3 is 5.97 Å². The maximum absolute atomic E-state index is 13.5. The summed E-state index contributed by atoms with van der Waals surface area (Å²) >= 11 is 0. The van der Waals surface area contributed by atoms with Crippen LogP contribution < -0.4 is 10.6 Å². The Labute approximate surface area is 538 Å². The number of carboxylic acids is 1. The quantitative estimate of drug-likeness (QED) is 0.0288. The Morgan fingerprint density at radius 2 is 0.967 bits per heavy atom. The molecule has 0 aromatic rings. The van der Waals surface area contributed by atoms with Crippen LogP contribution in [0, 0.1) is 0 Å². The van der Waals surface area contributed by atoms with E-state index in [1.165, 1.54) is 173 Å². The molecule has 2 amide bonds. The zero-order chi connectivity index (χ0) is 66.1. The minimum atomic E-state index is -3.08. The lowest BCUT2D eigenvalue weighted by molar-refractivity contribution is -0.386. The van der Waals surface area contributed by atoms with Gasteiger partial charge in [0.1, 0.15) is 67.1 Å². The SMILES string of the molecule is CCCCCCCCCCCCCCCCCCCCC(=O)NC(COC1OC(CO)C(OC2OC(CO)C(O)C(OC3(C(=O)O)CC(O)C(NC(C)=O)C(C(O)C(O)CO)O3)C2O)C(O)C1O)C(O)CCCCCCCCCCCCCCCCCCCC. The van der Waals surface area contributed by atoms with Crippen molar-refractivity contribution in [2.45, 2.75) is 381 Å². The van der Waals surface area contributed by atoms with Crippen molar-refractivity contribution in [3.05, 3.63) is 0 Å². The average Bonchev–Trinajstić information content (AvgIpc) is 0.767. The molecule has 90 heavy (non-hydrogen) atoms. The summed E-state index contributed by atoms with van der Waals surface area (Å²) in [6.45, 7) is 2.23. The fourth-order valence-electron chi connectivity index (χ4n) is 12.7. The molecule has 0 aromatic heterocycles. The van der Waals surface area contributed by atoms with Gasteiger partial charge in [0.05, 0.1) is 50.7 Å². The van der Waals surface area contributed by atoms with E-state index >= 15 is 0 Å². The summed E-state index contributed by atoms with van der Waals surface area (Å²) in [4.78, 5) is 38.6. The third-order valence-corrected chi connectivity index (χ3v) is 18.3. The Morgan fingerprint density at radius 1 is 0.533 bits per heavy atom. The molecule has 3 aliphatic rings. The molecule has 0 bridgehead atoms. The van der Waals surface area contributed by atoms with Crippen LogP contribution in [0.3, 0.4) is 0 Å². The first-order valence-corrected chi connectivity index (χ1v) is 35.4. The second-order valence-corrected chi connectivity index (χ2v) is 26.1.